The molecule has 0 bridgehead atoms. The van der Waals surface area contributed by atoms with E-state index >= 15 is 0 Å². The van der Waals surface area contributed by atoms with E-state index in [1.807, 2.05) is 29.1 Å². The number of benzene rings is 1. The van der Waals surface area contributed by atoms with Gasteiger partial charge in [0.25, 0.3) is 0 Å². The Morgan fingerprint density at radius 1 is 1.32 bits per heavy atom. The number of guanidine groups is 1. The van der Waals surface area contributed by atoms with Crippen molar-refractivity contribution in [3.63, 3.8) is 0 Å². The fraction of sp³-hybridized carbons (Fsp3) is 0.444. The van der Waals surface area contributed by atoms with Crippen molar-refractivity contribution in [1.29, 1.82) is 0 Å². The van der Waals surface area contributed by atoms with Crippen LogP contribution in [0.3, 0.4) is 0 Å². The van der Waals surface area contributed by atoms with Gasteiger partial charge in [-0.05, 0) is 43.2 Å². The van der Waals surface area contributed by atoms with Gasteiger partial charge in [0.2, 0.25) is 0 Å². The summed E-state index contributed by atoms with van der Waals surface area (Å²) in [4.78, 5) is 4.76. The van der Waals surface area contributed by atoms with Crippen molar-refractivity contribution in [2.24, 2.45) is 4.99 Å². The lowest BCUT2D eigenvalue weighted by atomic mass is 10.2. The van der Waals surface area contributed by atoms with Crippen LogP contribution in [0, 0.1) is 0 Å². The number of para-hydroxylation sites is 1. The number of hydrogen-bond acceptors (Lipinski definition) is 3. The smallest absolute Gasteiger partial charge is 0.191 e. The van der Waals surface area contributed by atoms with Gasteiger partial charge in [-0.1, -0.05) is 18.2 Å². The van der Waals surface area contributed by atoms with E-state index in [9.17, 15) is 0 Å². The third kappa shape index (κ3) is 5.91. The zero-order valence-electron chi connectivity index (χ0n) is 14.5. The maximum atomic E-state index is 4.76. The lowest BCUT2D eigenvalue weighted by molar-refractivity contribution is 0.726. The van der Waals surface area contributed by atoms with E-state index < -0.39 is 0 Å². The van der Waals surface area contributed by atoms with Gasteiger partial charge in [0.05, 0.1) is 12.2 Å². The van der Waals surface area contributed by atoms with Crippen LogP contribution in [0.2, 0.25) is 0 Å². The summed E-state index contributed by atoms with van der Waals surface area (Å²) in [5, 5.41) is 11.9. The third-order valence-corrected chi connectivity index (χ3v) is 5.41. The molecule has 0 amide bonds. The lowest BCUT2D eigenvalue weighted by Crippen LogP contribution is -2.40. The highest BCUT2D eigenvalue weighted by atomic mass is 127. The SMILES string of the molecule is CCNC(=NCc1ccccc1-n1cccn1)NCC1CCCS1.I. The fourth-order valence-electron chi connectivity index (χ4n) is 2.80. The maximum absolute atomic E-state index is 4.76. The van der Waals surface area contributed by atoms with Gasteiger partial charge in [-0.3, -0.25) is 0 Å². The molecular formula is C18H26IN5S. The van der Waals surface area contributed by atoms with E-state index in [-0.39, 0.29) is 24.0 Å². The average Bonchev–Trinajstić information content (AvgIpc) is 3.31. The van der Waals surface area contributed by atoms with Gasteiger partial charge < -0.3 is 10.6 Å². The van der Waals surface area contributed by atoms with Gasteiger partial charge in [0, 0.05) is 30.7 Å². The third-order valence-electron chi connectivity index (χ3n) is 4.02. The predicted octanol–water partition coefficient (Wildman–Crippen LogP) is 3.44. The Hall–Kier alpha value is -1.22. The molecule has 1 saturated heterocycles. The van der Waals surface area contributed by atoms with E-state index in [0.717, 1.165) is 30.3 Å². The molecule has 1 unspecified atom stereocenters. The minimum Gasteiger partial charge on any atom is -0.357 e. The summed E-state index contributed by atoms with van der Waals surface area (Å²) in [5.41, 5.74) is 2.24. The maximum Gasteiger partial charge on any atom is 0.191 e. The molecule has 1 aromatic heterocycles. The zero-order chi connectivity index (χ0) is 16.6. The lowest BCUT2D eigenvalue weighted by Gasteiger charge is -2.15. The molecule has 1 aliphatic rings. The van der Waals surface area contributed by atoms with Crippen LogP contribution in [0.4, 0.5) is 0 Å². The van der Waals surface area contributed by atoms with Crippen LogP contribution in [0.1, 0.15) is 25.3 Å². The molecule has 0 aliphatic carbocycles. The monoisotopic (exact) mass is 471 g/mol. The minimum absolute atomic E-state index is 0. The van der Waals surface area contributed by atoms with Crippen molar-refractivity contribution in [3.05, 3.63) is 48.3 Å². The second-order valence-corrected chi connectivity index (χ2v) is 7.20. The molecule has 5 nitrogen and oxygen atoms in total. The molecule has 0 spiro atoms. The van der Waals surface area contributed by atoms with Gasteiger partial charge in [0.1, 0.15) is 0 Å². The Morgan fingerprint density at radius 2 is 2.20 bits per heavy atom. The van der Waals surface area contributed by atoms with Crippen molar-refractivity contribution in [3.8, 4) is 5.69 Å². The molecule has 25 heavy (non-hydrogen) atoms. The van der Waals surface area contributed by atoms with Crippen molar-refractivity contribution >= 4 is 41.7 Å². The Labute approximate surface area is 171 Å². The Bertz CT molecular complexity index is 653. The molecule has 1 fully saturated rings. The first-order chi connectivity index (χ1) is 11.9. The Kier molecular flexibility index (Phi) is 8.60. The van der Waals surface area contributed by atoms with E-state index in [4.69, 9.17) is 4.99 Å². The number of thioether (sulfide) groups is 1. The summed E-state index contributed by atoms with van der Waals surface area (Å²) in [6, 6.07) is 10.2. The topological polar surface area (TPSA) is 54.2 Å². The molecule has 1 aliphatic heterocycles. The fourth-order valence-corrected chi connectivity index (χ4v) is 4.00. The van der Waals surface area contributed by atoms with Gasteiger partial charge in [-0.15, -0.1) is 24.0 Å². The van der Waals surface area contributed by atoms with Crippen LogP contribution < -0.4 is 10.6 Å². The quantitative estimate of drug-likeness (QED) is 0.385. The molecule has 136 valence electrons. The second-order valence-electron chi connectivity index (χ2n) is 5.79. The molecule has 2 aromatic rings. The standard InChI is InChI=1S/C18H25N5S.HI/c1-2-19-18(21-14-16-8-5-12-24-16)20-13-15-7-3-4-9-17(15)23-11-6-10-22-23;/h3-4,6-7,9-11,16H,2,5,8,12-14H2,1H3,(H2,19,20,21);1H. The number of rotatable bonds is 6. The van der Waals surface area contributed by atoms with Crippen LogP contribution in [-0.4, -0.2) is 39.8 Å². The molecule has 0 radical (unpaired) electrons. The van der Waals surface area contributed by atoms with Gasteiger partial charge in [0.15, 0.2) is 5.96 Å². The molecule has 0 saturated carbocycles. The highest BCUT2D eigenvalue weighted by Crippen LogP contribution is 2.25. The summed E-state index contributed by atoms with van der Waals surface area (Å²) < 4.78 is 1.89. The number of aliphatic imine (C=N–C) groups is 1. The van der Waals surface area contributed by atoms with Gasteiger partial charge in [-0.25, -0.2) is 9.67 Å². The molecule has 2 N–H and O–H groups in total. The highest BCUT2D eigenvalue weighted by molar-refractivity contribution is 14.0. The number of aromatic nitrogens is 2. The summed E-state index contributed by atoms with van der Waals surface area (Å²) >= 11 is 2.06. The van der Waals surface area contributed by atoms with Crippen LogP contribution in [0.5, 0.6) is 0 Å². The van der Waals surface area contributed by atoms with E-state index in [1.54, 1.807) is 6.20 Å². The molecule has 7 heteroatoms. The molecule has 2 heterocycles. The van der Waals surface area contributed by atoms with Crippen molar-refractivity contribution < 1.29 is 0 Å². The van der Waals surface area contributed by atoms with Crippen LogP contribution in [0.25, 0.3) is 5.69 Å². The minimum atomic E-state index is 0. The number of halogens is 1. The number of nitrogens with zero attached hydrogens (tertiary/aromatic N) is 3. The summed E-state index contributed by atoms with van der Waals surface area (Å²) in [5.74, 6) is 2.18. The van der Waals surface area contributed by atoms with E-state index in [2.05, 4.69) is 46.6 Å². The highest BCUT2D eigenvalue weighted by Gasteiger charge is 2.15. The van der Waals surface area contributed by atoms with Crippen LogP contribution >= 0.6 is 35.7 Å². The van der Waals surface area contributed by atoms with E-state index in [0.29, 0.717) is 11.8 Å². The average molecular weight is 471 g/mol. The molecular weight excluding hydrogens is 445 g/mol. The predicted molar refractivity (Wildman–Crippen MR) is 117 cm³/mol. The van der Waals surface area contributed by atoms with Gasteiger partial charge in [-0.2, -0.15) is 16.9 Å². The van der Waals surface area contributed by atoms with Crippen LogP contribution in [0.15, 0.2) is 47.7 Å². The van der Waals surface area contributed by atoms with Crippen LogP contribution in [-0.2, 0) is 6.54 Å². The zero-order valence-corrected chi connectivity index (χ0v) is 17.7. The normalized spacial score (nSPS) is 17.2. The first-order valence-corrected chi connectivity index (χ1v) is 9.63. The van der Waals surface area contributed by atoms with Crippen molar-refractivity contribution in [2.75, 3.05) is 18.8 Å². The summed E-state index contributed by atoms with van der Waals surface area (Å²) in [7, 11) is 0. The Balaban J connectivity index is 0.00000225. The van der Waals surface area contributed by atoms with Crippen molar-refractivity contribution in [2.45, 2.75) is 31.6 Å². The second kappa shape index (κ2) is 10.7. The Morgan fingerprint density at radius 3 is 2.92 bits per heavy atom. The first kappa shape index (κ1) is 20.1. The summed E-state index contributed by atoms with van der Waals surface area (Å²) in [6.45, 7) is 4.57. The van der Waals surface area contributed by atoms with Gasteiger partial charge >= 0.3 is 0 Å². The van der Waals surface area contributed by atoms with Crippen molar-refractivity contribution in [1.82, 2.24) is 20.4 Å². The number of hydrogen-bond donors (Lipinski definition) is 2. The molecule has 1 atom stereocenters. The summed E-state index contributed by atoms with van der Waals surface area (Å²) in [6.07, 6.45) is 6.40. The molecule has 1 aromatic carbocycles. The largest absolute Gasteiger partial charge is 0.357 e. The first-order valence-electron chi connectivity index (χ1n) is 8.58. The number of nitrogens with one attached hydrogen (secondary N) is 2. The van der Waals surface area contributed by atoms with E-state index in [1.165, 1.54) is 18.6 Å². The molecule has 3 rings (SSSR count).